The highest BCUT2D eigenvalue weighted by Gasteiger charge is 2.42. The number of methoxy groups -OCH3 is 1. The quantitative estimate of drug-likeness (QED) is 0.354. The first-order chi connectivity index (χ1) is 15.7. The Balaban J connectivity index is 1.76. The zero-order valence-corrected chi connectivity index (χ0v) is 18.3. The number of ether oxygens (including phenoxy) is 1. The third-order valence-electron chi connectivity index (χ3n) is 5.64. The van der Waals surface area contributed by atoms with Gasteiger partial charge >= 0.3 is 6.18 Å². The molecule has 0 N–H and O–H groups in total. The van der Waals surface area contributed by atoms with E-state index in [-0.39, 0.29) is 34.4 Å². The van der Waals surface area contributed by atoms with Gasteiger partial charge in [-0.2, -0.15) is 13.2 Å². The number of nitrogens with zero attached hydrogens (tertiary/aromatic N) is 5. The zero-order chi connectivity index (χ0) is 23.8. The van der Waals surface area contributed by atoms with Crippen LogP contribution in [-0.4, -0.2) is 39.9 Å². The minimum absolute atomic E-state index is 0.0149. The molecule has 0 unspecified atom stereocenters. The maximum atomic E-state index is 13.8. The van der Waals surface area contributed by atoms with Gasteiger partial charge in [-0.25, -0.2) is 9.37 Å². The summed E-state index contributed by atoms with van der Waals surface area (Å²) in [6, 6.07) is 7.09. The van der Waals surface area contributed by atoms with E-state index in [1.165, 1.54) is 37.6 Å². The van der Waals surface area contributed by atoms with Gasteiger partial charge < -0.3 is 9.64 Å². The lowest BCUT2D eigenvalue weighted by atomic mass is 9.87. The second kappa shape index (κ2) is 9.01. The van der Waals surface area contributed by atoms with Gasteiger partial charge in [0, 0.05) is 30.1 Å². The molecule has 0 amide bonds. The van der Waals surface area contributed by atoms with Crippen LogP contribution < -0.4 is 9.64 Å². The molecule has 1 fully saturated rings. The predicted molar refractivity (Wildman–Crippen MR) is 115 cm³/mol. The number of pyridine rings is 1. The van der Waals surface area contributed by atoms with Gasteiger partial charge in [-0.05, 0) is 36.1 Å². The van der Waals surface area contributed by atoms with Gasteiger partial charge in [0.15, 0.2) is 0 Å². The van der Waals surface area contributed by atoms with E-state index in [9.17, 15) is 17.6 Å². The molecule has 1 aromatic carbocycles. The Bertz CT molecular complexity index is 1150. The van der Waals surface area contributed by atoms with Gasteiger partial charge in [-0.1, -0.05) is 23.7 Å². The first-order valence-corrected chi connectivity index (χ1v) is 10.4. The van der Waals surface area contributed by atoms with Crippen molar-refractivity contribution < 1.29 is 22.3 Å². The number of benzene rings is 1. The molecule has 0 saturated carbocycles. The Morgan fingerprint density at radius 3 is 2.61 bits per heavy atom. The first-order valence-electron chi connectivity index (χ1n) is 10.1. The average Bonchev–Trinajstić information content (AvgIpc) is 3.39. The molecule has 3 heterocycles. The molecule has 0 bridgehead atoms. The number of rotatable bonds is 6. The van der Waals surface area contributed by atoms with Crippen molar-refractivity contribution in [3.8, 4) is 11.6 Å². The molecule has 33 heavy (non-hydrogen) atoms. The molecule has 2 atom stereocenters. The minimum atomic E-state index is -4.73. The first kappa shape index (κ1) is 23.0. The predicted octanol–water partition coefficient (Wildman–Crippen LogP) is 5.28. The fraction of sp³-hybridized carbons (Fsp3) is 0.318. The molecule has 2 aromatic heterocycles. The summed E-state index contributed by atoms with van der Waals surface area (Å²) in [5, 5.41) is 7.60. The van der Waals surface area contributed by atoms with Crippen molar-refractivity contribution >= 4 is 17.5 Å². The molecule has 1 saturated heterocycles. The molecule has 4 rings (SSSR count). The summed E-state index contributed by atoms with van der Waals surface area (Å²) in [5.74, 6) is -1.50. The fourth-order valence-electron chi connectivity index (χ4n) is 4.17. The van der Waals surface area contributed by atoms with Crippen LogP contribution in [0, 0.1) is 11.7 Å². The Hall–Kier alpha value is -3.14. The van der Waals surface area contributed by atoms with Gasteiger partial charge in [-0.15, -0.1) is 16.8 Å². The lowest BCUT2D eigenvalue weighted by Crippen LogP contribution is -2.25. The molecular formula is C22H20ClF4N5O. The molecule has 174 valence electrons. The zero-order valence-electron chi connectivity index (χ0n) is 17.6. The molecular weight excluding hydrogens is 462 g/mol. The van der Waals surface area contributed by atoms with Gasteiger partial charge in [0.2, 0.25) is 17.7 Å². The number of hydrogen-bond donors (Lipinski definition) is 0. The minimum Gasteiger partial charge on any atom is -0.481 e. The van der Waals surface area contributed by atoms with Crippen LogP contribution >= 0.6 is 11.6 Å². The Morgan fingerprint density at radius 2 is 2.00 bits per heavy atom. The fourth-order valence-corrected chi connectivity index (χ4v) is 4.48. The van der Waals surface area contributed by atoms with Gasteiger partial charge in [0.1, 0.15) is 5.82 Å². The maximum Gasteiger partial charge on any atom is 0.452 e. The van der Waals surface area contributed by atoms with Crippen LogP contribution in [0.5, 0.6) is 5.88 Å². The van der Waals surface area contributed by atoms with Crippen molar-refractivity contribution in [3.05, 3.63) is 71.4 Å². The number of hydrogen-bond acceptors (Lipinski definition) is 5. The smallest absolute Gasteiger partial charge is 0.452 e. The highest BCUT2D eigenvalue weighted by Crippen LogP contribution is 2.41. The van der Waals surface area contributed by atoms with Crippen LogP contribution in [0.3, 0.4) is 0 Å². The topological polar surface area (TPSA) is 56.1 Å². The molecule has 0 aliphatic carbocycles. The standard InChI is InChI=1S/C22H20ClF4N5O/c1-3-4-13-11-31(12-17(13)16-7-5-14(24)9-18(16)23)21-30-29-20(22(25,26)27)32(21)15-6-8-19(33-2)28-10-15/h3,5-10,13,17H,1,4,11-12H2,2H3/t13-,17-/m0/s1. The van der Waals surface area contributed by atoms with E-state index in [1.807, 2.05) is 0 Å². The van der Waals surface area contributed by atoms with E-state index in [2.05, 4.69) is 21.8 Å². The number of aromatic nitrogens is 4. The number of allylic oxidation sites excluding steroid dienone is 1. The Kier molecular flexibility index (Phi) is 6.29. The SMILES string of the molecule is C=CC[C@H]1CN(c2nnc(C(F)(F)F)n2-c2ccc(OC)nc2)C[C@@H]1c1ccc(F)cc1Cl. The molecule has 1 aliphatic rings. The maximum absolute atomic E-state index is 13.8. The van der Waals surface area contributed by atoms with Crippen molar-refractivity contribution in [1.82, 2.24) is 19.7 Å². The molecule has 11 heteroatoms. The molecule has 3 aromatic rings. The molecule has 0 spiro atoms. The van der Waals surface area contributed by atoms with E-state index in [0.29, 0.717) is 19.5 Å². The Labute approximate surface area is 192 Å². The van der Waals surface area contributed by atoms with Gasteiger partial charge in [-0.3, -0.25) is 4.57 Å². The van der Waals surface area contributed by atoms with Crippen LogP contribution in [0.4, 0.5) is 23.5 Å². The lowest BCUT2D eigenvalue weighted by Gasteiger charge is -2.20. The monoisotopic (exact) mass is 481 g/mol. The largest absolute Gasteiger partial charge is 0.481 e. The van der Waals surface area contributed by atoms with Crippen LogP contribution in [0.25, 0.3) is 5.69 Å². The number of halogens is 5. The van der Waals surface area contributed by atoms with E-state index < -0.39 is 17.8 Å². The van der Waals surface area contributed by atoms with Crippen LogP contribution in [0.15, 0.2) is 49.2 Å². The third-order valence-corrected chi connectivity index (χ3v) is 5.97. The number of anilines is 1. The summed E-state index contributed by atoms with van der Waals surface area (Å²) in [6.45, 7) is 4.51. The molecule has 0 radical (unpaired) electrons. The summed E-state index contributed by atoms with van der Waals surface area (Å²) in [7, 11) is 1.41. The number of alkyl halides is 3. The second-order valence-corrected chi connectivity index (χ2v) is 8.08. The third kappa shape index (κ3) is 4.52. The normalized spacial score (nSPS) is 18.5. The summed E-state index contributed by atoms with van der Waals surface area (Å²) in [5.41, 5.74) is 0.868. The summed E-state index contributed by atoms with van der Waals surface area (Å²) < 4.78 is 60.8. The summed E-state index contributed by atoms with van der Waals surface area (Å²) >= 11 is 6.30. The van der Waals surface area contributed by atoms with Crippen molar-refractivity contribution in [2.45, 2.75) is 18.5 Å². The van der Waals surface area contributed by atoms with Gasteiger partial charge in [0.25, 0.3) is 0 Å². The highest BCUT2D eigenvalue weighted by atomic mass is 35.5. The average molecular weight is 482 g/mol. The van der Waals surface area contributed by atoms with E-state index in [1.54, 1.807) is 17.0 Å². The van der Waals surface area contributed by atoms with Crippen molar-refractivity contribution in [1.29, 1.82) is 0 Å². The van der Waals surface area contributed by atoms with Gasteiger partial charge in [0.05, 0.1) is 19.0 Å². The van der Waals surface area contributed by atoms with Crippen LogP contribution in [0.1, 0.15) is 23.7 Å². The van der Waals surface area contributed by atoms with Crippen molar-refractivity contribution in [3.63, 3.8) is 0 Å². The summed E-state index contributed by atoms with van der Waals surface area (Å²) in [6.07, 6.45) is -1.12. The van der Waals surface area contributed by atoms with Crippen LogP contribution in [-0.2, 0) is 6.18 Å². The van der Waals surface area contributed by atoms with E-state index >= 15 is 0 Å². The lowest BCUT2D eigenvalue weighted by molar-refractivity contribution is -0.146. The summed E-state index contributed by atoms with van der Waals surface area (Å²) in [4.78, 5) is 5.75. The van der Waals surface area contributed by atoms with Crippen molar-refractivity contribution in [2.75, 3.05) is 25.1 Å². The van der Waals surface area contributed by atoms with E-state index in [0.717, 1.165) is 10.1 Å². The molecule has 1 aliphatic heterocycles. The second-order valence-electron chi connectivity index (χ2n) is 7.68. The highest BCUT2D eigenvalue weighted by molar-refractivity contribution is 6.31. The van der Waals surface area contributed by atoms with E-state index in [4.69, 9.17) is 16.3 Å². The Morgan fingerprint density at radius 1 is 1.21 bits per heavy atom. The molecule has 6 nitrogen and oxygen atoms in total. The van der Waals surface area contributed by atoms with Crippen molar-refractivity contribution in [2.24, 2.45) is 5.92 Å². The van der Waals surface area contributed by atoms with Crippen LogP contribution in [0.2, 0.25) is 5.02 Å².